The van der Waals surface area contributed by atoms with Crippen LogP contribution in [0.4, 0.5) is 5.69 Å². The van der Waals surface area contributed by atoms with Crippen molar-refractivity contribution in [2.24, 2.45) is 0 Å². The lowest BCUT2D eigenvalue weighted by atomic mass is 10.0. The van der Waals surface area contributed by atoms with Gasteiger partial charge in [-0.2, -0.15) is 0 Å². The molecule has 1 aromatic carbocycles. The van der Waals surface area contributed by atoms with Crippen LogP contribution in [0.1, 0.15) is 25.3 Å². The molecule has 0 unspecified atom stereocenters. The van der Waals surface area contributed by atoms with Crippen LogP contribution >= 0.6 is 0 Å². The molecule has 0 radical (unpaired) electrons. The number of hydrogen-bond acceptors (Lipinski definition) is 3. The second kappa shape index (κ2) is 3.77. The summed E-state index contributed by atoms with van der Waals surface area (Å²) in [6, 6.07) is 8.18. The molecule has 0 aliphatic rings. The summed E-state index contributed by atoms with van der Waals surface area (Å²) in [5.74, 6) is 1.18. The van der Waals surface area contributed by atoms with Crippen molar-refractivity contribution >= 4 is 5.69 Å². The second-order valence-corrected chi connectivity index (χ2v) is 3.89. The van der Waals surface area contributed by atoms with Gasteiger partial charge in [0.25, 0.3) is 0 Å². The number of nitrogen functional groups attached to an aromatic ring is 1. The zero-order valence-electron chi connectivity index (χ0n) is 8.90. The predicted molar refractivity (Wildman–Crippen MR) is 60.4 cm³/mol. The zero-order valence-corrected chi connectivity index (χ0v) is 8.90. The minimum absolute atomic E-state index is 0.533. The van der Waals surface area contributed by atoms with Gasteiger partial charge in [-0.05, 0) is 11.5 Å². The van der Waals surface area contributed by atoms with Gasteiger partial charge in [0.15, 0.2) is 5.76 Å². The van der Waals surface area contributed by atoms with E-state index in [2.05, 4.69) is 31.1 Å². The molecule has 0 fully saturated rings. The van der Waals surface area contributed by atoms with Crippen molar-refractivity contribution in [2.75, 3.05) is 5.73 Å². The fourth-order valence-electron chi connectivity index (χ4n) is 1.49. The standard InChI is InChI=1S/C12H14N2O/c1-8(2)9-3-5-10(6-4-9)12-11(13)7-14-15-12/h3-8H,13H2,1-2H3. The minimum atomic E-state index is 0.533. The number of benzene rings is 1. The molecule has 2 aromatic rings. The van der Waals surface area contributed by atoms with Gasteiger partial charge < -0.3 is 10.3 Å². The fraction of sp³-hybridized carbons (Fsp3) is 0.250. The summed E-state index contributed by atoms with van der Waals surface area (Å²) in [7, 11) is 0. The van der Waals surface area contributed by atoms with Crippen molar-refractivity contribution in [1.29, 1.82) is 0 Å². The average molecular weight is 202 g/mol. The summed E-state index contributed by atoms with van der Waals surface area (Å²) in [4.78, 5) is 0. The molecule has 15 heavy (non-hydrogen) atoms. The van der Waals surface area contributed by atoms with Crippen LogP contribution in [0, 0.1) is 0 Å². The van der Waals surface area contributed by atoms with Crippen molar-refractivity contribution < 1.29 is 4.52 Å². The third-order valence-corrected chi connectivity index (χ3v) is 2.44. The maximum absolute atomic E-state index is 5.71. The smallest absolute Gasteiger partial charge is 0.189 e. The van der Waals surface area contributed by atoms with E-state index in [-0.39, 0.29) is 0 Å². The molecule has 3 nitrogen and oxygen atoms in total. The molecule has 2 N–H and O–H groups in total. The van der Waals surface area contributed by atoms with Gasteiger partial charge in [0.05, 0.1) is 6.20 Å². The van der Waals surface area contributed by atoms with Gasteiger partial charge in [0.1, 0.15) is 5.69 Å². The highest BCUT2D eigenvalue weighted by Gasteiger charge is 2.07. The first-order valence-electron chi connectivity index (χ1n) is 4.99. The summed E-state index contributed by atoms with van der Waals surface area (Å²) in [5, 5.41) is 3.66. The summed E-state index contributed by atoms with van der Waals surface area (Å²) < 4.78 is 5.08. The predicted octanol–water partition coefficient (Wildman–Crippen LogP) is 3.05. The molecule has 0 atom stereocenters. The van der Waals surface area contributed by atoms with E-state index in [1.54, 1.807) is 0 Å². The SMILES string of the molecule is CC(C)c1ccc(-c2oncc2N)cc1. The van der Waals surface area contributed by atoms with Crippen LogP contribution in [0.5, 0.6) is 0 Å². The largest absolute Gasteiger partial charge is 0.394 e. The van der Waals surface area contributed by atoms with E-state index >= 15 is 0 Å². The van der Waals surface area contributed by atoms with Crippen molar-refractivity contribution in [2.45, 2.75) is 19.8 Å². The fourth-order valence-corrected chi connectivity index (χ4v) is 1.49. The van der Waals surface area contributed by atoms with E-state index in [1.165, 1.54) is 11.8 Å². The molecule has 1 heterocycles. The maximum Gasteiger partial charge on any atom is 0.189 e. The number of nitrogens with zero attached hydrogens (tertiary/aromatic N) is 1. The highest BCUT2D eigenvalue weighted by Crippen LogP contribution is 2.26. The summed E-state index contributed by atoms with van der Waals surface area (Å²) in [5.41, 5.74) is 8.56. The first kappa shape index (κ1) is 9.77. The third-order valence-electron chi connectivity index (χ3n) is 2.44. The van der Waals surface area contributed by atoms with Crippen LogP contribution in [-0.4, -0.2) is 5.16 Å². The molecule has 0 spiro atoms. The molecule has 3 heteroatoms. The number of nitrogens with two attached hydrogens (primary N) is 1. The lowest BCUT2D eigenvalue weighted by Crippen LogP contribution is -1.88. The average Bonchev–Trinajstić information content (AvgIpc) is 2.65. The first-order chi connectivity index (χ1) is 7.18. The van der Waals surface area contributed by atoms with E-state index in [1.807, 2.05) is 12.1 Å². The molecule has 0 saturated heterocycles. The molecule has 78 valence electrons. The molecular weight excluding hydrogens is 188 g/mol. The number of rotatable bonds is 2. The van der Waals surface area contributed by atoms with Crippen LogP contribution < -0.4 is 5.73 Å². The lowest BCUT2D eigenvalue weighted by molar-refractivity contribution is 0.432. The van der Waals surface area contributed by atoms with Crippen LogP contribution in [0.25, 0.3) is 11.3 Å². The van der Waals surface area contributed by atoms with Gasteiger partial charge in [-0.25, -0.2) is 0 Å². The second-order valence-electron chi connectivity index (χ2n) is 3.89. The quantitative estimate of drug-likeness (QED) is 0.814. The monoisotopic (exact) mass is 202 g/mol. The van der Waals surface area contributed by atoms with Crippen LogP contribution in [0.2, 0.25) is 0 Å². The van der Waals surface area contributed by atoms with Crippen LogP contribution in [0.3, 0.4) is 0 Å². The summed E-state index contributed by atoms with van der Waals surface area (Å²) >= 11 is 0. The molecular formula is C12H14N2O. The van der Waals surface area contributed by atoms with Gasteiger partial charge in [-0.3, -0.25) is 0 Å². The molecule has 2 rings (SSSR count). The Balaban J connectivity index is 2.36. The Morgan fingerprint density at radius 3 is 2.33 bits per heavy atom. The van der Waals surface area contributed by atoms with Crippen LogP contribution in [-0.2, 0) is 0 Å². The van der Waals surface area contributed by atoms with Crippen molar-refractivity contribution in [3.05, 3.63) is 36.0 Å². The summed E-state index contributed by atoms with van der Waals surface area (Å²) in [6.45, 7) is 4.33. The molecule has 1 aromatic heterocycles. The van der Waals surface area contributed by atoms with E-state index in [0.717, 1.165) is 5.56 Å². The Kier molecular flexibility index (Phi) is 2.46. The maximum atomic E-state index is 5.71. The molecule has 0 saturated carbocycles. The van der Waals surface area contributed by atoms with E-state index < -0.39 is 0 Å². The topological polar surface area (TPSA) is 52.0 Å². The van der Waals surface area contributed by atoms with Gasteiger partial charge in [-0.15, -0.1) is 0 Å². The van der Waals surface area contributed by atoms with Gasteiger partial charge in [0, 0.05) is 5.56 Å². The lowest BCUT2D eigenvalue weighted by Gasteiger charge is -2.05. The Hall–Kier alpha value is -1.77. The third kappa shape index (κ3) is 1.86. The Bertz CT molecular complexity index is 443. The van der Waals surface area contributed by atoms with E-state index in [9.17, 15) is 0 Å². The highest BCUT2D eigenvalue weighted by atomic mass is 16.5. The molecule has 0 aliphatic carbocycles. The van der Waals surface area contributed by atoms with Gasteiger partial charge >= 0.3 is 0 Å². The number of aromatic nitrogens is 1. The van der Waals surface area contributed by atoms with Crippen LogP contribution in [0.15, 0.2) is 35.0 Å². The van der Waals surface area contributed by atoms with Crippen molar-refractivity contribution in [3.8, 4) is 11.3 Å². The first-order valence-corrected chi connectivity index (χ1v) is 4.99. The van der Waals surface area contributed by atoms with E-state index in [0.29, 0.717) is 17.4 Å². The molecule has 0 aliphatic heterocycles. The van der Waals surface area contributed by atoms with Crippen molar-refractivity contribution in [1.82, 2.24) is 5.16 Å². The number of hydrogen-bond donors (Lipinski definition) is 1. The van der Waals surface area contributed by atoms with Gasteiger partial charge in [-0.1, -0.05) is 43.3 Å². The van der Waals surface area contributed by atoms with Gasteiger partial charge in [0.2, 0.25) is 0 Å². The minimum Gasteiger partial charge on any atom is -0.394 e. The summed E-state index contributed by atoms with van der Waals surface area (Å²) in [6.07, 6.45) is 1.52. The molecule has 0 amide bonds. The normalized spacial score (nSPS) is 10.9. The Labute approximate surface area is 88.9 Å². The molecule has 0 bridgehead atoms. The van der Waals surface area contributed by atoms with E-state index in [4.69, 9.17) is 10.3 Å². The number of anilines is 1. The zero-order chi connectivity index (χ0) is 10.8. The Morgan fingerprint density at radius 1 is 1.20 bits per heavy atom. The Morgan fingerprint density at radius 2 is 1.87 bits per heavy atom. The highest BCUT2D eigenvalue weighted by molar-refractivity contribution is 5.69. The van der Waals surface area contributed by atoms with Crippen molar-refractivity contribution in [3.63, 3.8) is 0 Å².